The molecule has 0 fully saturated rings. The van der Waals surface area contributed by atoms with Crippen LogP contribution in [0.5, 0.6) is 11.5 Å². The molecule has 116 valence electrons. The largest absolute Gasteiger partial charge is 0.508 e. The summed E-state index contributed by atoms with van der Waals surface area (Å²) < 4.78 is 5.53. The maximum atomic E-state index is 12.0. The Hall–Kier alpha value is -1.79. The Morgan fingerprint density at radius 2 is 2.19 bits per heavy atom. The third kappa shape index (κ3) is 2.96. The zero-order valence-corrected chi connectivity index (χ0v) is 12.6. The second-order valence-corrected chi connectivity index (χ2v) is 5.19. The van der Waals surface area contributed by atoms with Crippen LogP contribution in [0.4, 0.5) is 0 Å². The molecule has 4 N–H and O–H groups in total. The topological polar surface area (TPSA) is 87.8 Å². The summed E-state index contributed by atoms with van der Waals surface area (Å²) in [6.07, 6.45) is 0. The van der Waals surface area contributed by atoms with Gasteiger partial charge in [0.1, 0.15) is 18.1 Å². The quantitative estimate of drug-likeness (QED) is 0.677. The van der Waals surface area contributed by atoms with E-state index in [4.69, 9.17) is 10.5 Å². The third-order valence-electron chi connectivity index (χ3n) is 4.04. The van der Waals surface area contributed by atoms with Gasteiger partial charge in [-0.25, -0.2) is 0 Å². The summed E-state index contributed by atoms with van der Waals surface area (Å²) in [6.45, 7) is 7.74. The number of nitrogens with zero attached hydrogens (tertiary/aromatic N) is 1. The van der Waals surface area contributed by atoms with Crippen molar-refractivity contribution in [2.75, 3.05) is 32.8 Å². The summed E-state index contributed by atoms with van der Waals surface area (Å²) >= 11 is 0. The number of likely N-dealkylation sites (N-methyl/N-ethyl adjacent to an activating group) is 1. The lowest BCUT2D eigenvalue weighted by Crippen LogP contribution is -2.55. The summed E-state index contributed by atoms with van der Waals surface area (Å²) in [4.78, 5) is 14.2. The van der Waals surface area contributed by atoms with Gasteiger partial charge in [0.05, 0.1) is 0 Å². The maximum Gasteiger partial charge on any atom is 0.246 e. The number of carbonyl (C=O) groups is 1. The van der Waals surface area contributed by atoms with E-state index < -0.39 is 11.4 Å². The molecule has 0 saturated heterocycles. The van der Waals surface area contributed by atoms with Gasteiger partial charge in [-0.05, 0) is 25.2 Å². The highest BCUT2D eigenvalue weighted by Crippen LogP contribution is 2.38. The summed E-state index contributed by atoms with van der Waals surface area (Å²) in [5.74, 6) is 0.146. The average molecular weight is 293 g/mol. The molecule has 2 rings (SSSR count). The first-order chi connectivity index (χ1) is 10.0. The van der Waals surface area contributed by atoms with Crippen molar-refractivity contribution in [1.82, 2.24) is 10.2 Å². The number of amides is 1. The molecule has 1 aromatic carbocycles. The van der Waals surface area contributed by atoms with Crippen LogP contribution >= 0.6 is 0 Å². The van der Waals surface area contributed by atoms with E-state index in [1.807, 2.05) is 0 Å². The molecule has 0 radical (unpaired) electrons. The molecule has 1 amide bonds. The van der Waals surface area contributed by atoms with Crippen LogP contribution in [0.15, 0.2) is 18.2 Å². The van der Waals surface area contributed by atoms with Gasteiger partial charge in [-0.1, -0.05) is 13.8 Å². The number of aromatic hydroxyl groups is 1. The molecular weight excluding hydrogens is 270 g/mol. The van der Waals surface area contributed by atoms with Crippen molar-refractivity contribution in [3.05, 3.63) is 23.8 Å². The second kappa shape index (κ2) is 6.32. The Balaban J connectivity index is 2.15. The highest BCUT2D eigenvalue weighted by atomic mass is 16.5. The minimum atomic E-state index is -1.02. The van der Waals surface area contributed by atoms with Crippen LogP contribution in [-0.2, 0) is 10.3 Å². The zero-order chi connectivity index (χ0) is 15.5. The molecule has 0 saturated carbocycles. The van der Waals surface area contributed by atoms with E-state index in [1.54, 1.807) is 6.07 Å². The molecule has 0 bridgehead atoms. The van der Waals surface area contributed by atoms with Gasteiger partial charge in [0.15, 0.2) is 5.54 Å². The van der Waals surface area contributed by atoms with E-state index in [1.165, 1.54) is 12.1 Å². The Morgan fingerprint density at radius 1 is 1.48 bits per heavy atom. The van der Waals surface area contributed by atoms with Gasteiger partial charge in [-0.15, -0.1) is 0 Å². The highest BCUT2D eigenvalue weighted by Gasteiger charge is 2.45. The summed E-state index contributed by atoms with van der Waals surface area (Å²) in [5.41, 5.74) is 5.28. The molecule has 0 aromatic heterocycles. The molecule has 1 aliphatic heterocycles. The molecule has 21 heavy (non-hydrogen) atoms. The molecule has 0 aliphatic carbocycles. The number of fused-ring (bicyclic) bond motifs is 1. The number of hydrogen-bond acceptors (Lipinski definition) is 5. The zero-order valence-electron chi connectivity index (χ0n) is 12.6. The smallest absolute Gasteiger partial charge is 0.246 e. The molecule has 1 aromatic rings. The Kier molecular flexibility index (Phi) is 4.69. The highest BCUT2D eigenvalue weighted by molar-refractivity contribution is 5.88. The monoisotopic (exact) mass is 293 g/mol. The van der Waals surface area contributed by atoms with Crippen LogP contribution in [0, 0.1) is 0 Å². The molecule has 0 spiro atoms. The van der Waals surface area contributed by atoms with Gasteiger partial charge in [0.25, 0.3) is 0 Å². The van der Waals surface area contributed by atoms with Crippen molar-refractivity contribution in [3.63, 3.8) is 0 Å². The first kappa shape index (κ1) is 15.6. The first-order valence-electron chi connectivity index (χ1n) is 7.27. The van der Waals surface area contributed by atoms with E-state index in [9.17, 15) is 9.90 Å². The van der Waals surface area contributed by atoms with E-state index in [-0.39, 0.29) is 12.4 Å². The first-order valence-corrected chi connectivity index (χ1v) is 7.27. The fourth-order valence-electron chi connectivity index (χ4n) is 2.65. The van der Waals surface area contributed by atoms with Crippen molar-refractivity contribution >= 4 is 5.91 Å². The maximum absolute atomic E-state index is 12.0. The lowest BCUT2D eigenvalue weighted by molar-refractivity contribution is -0.125. The Morgan fingerprint density at radius 3 is 2.81 bits per heavy atom. The van der Waals surface area contributed by atoms with Gasteiger partial charge in [-0.2, -0.15) is 0 Å². The van der Waals surface area contributed by atoms with Gasteiger partial charge in [-0.3, -0.25) is 10.1 Å². The van der Waals surface area contributed by atoms with Crippen LogP contribution in [0.1, 0.15) is 19.4 Å². The molecule has 6 nitrogen and oxygen atoms in total. The number of primary amides is 1. The predicted molar refractivity (Wildman–Crippen MR) is 80.3 cm³/mol. The summed E-state index contributed by atoms with van der Waals surface area (Å²) in [6, 6.07) is 4.73. The molecule has 1 aliphatic rings. The number of hydrogen-bond donors (Lipinski definition) is 3. The number of benzene rings is 1. The summed E-state index contributed by atoms with van der Waals surface area (Å²) in [5, 5.41) is 12.7. The van der Waals surface area contributed by atoms with Crippen molar-refractivity contribution in [1.29, 1.82) is 0 Å². The summed E-state index contributed by atoms with van der Waals surface area (Å²) in [7, 11) is 0. The minimum Gasteiger partial charge on any atom is -0.508 e. The molecular formula is C15H23N3O3. The lowest BCUT2D eigenvalue weighted by Gasteiger charge is -2.27. The average Bonchev–Trinajstić information content (AvgIpc) is 2.83. The van der Waals surface area contributed by atoms with Crippen molar-refractivity contribution in [3.8, 4) is 11.5 Å². The predicted octanol–water partition coefficient (Wildman–Crippen LogP) is 0.397. The van der Waals surface area contributed by atoms with E-state index >= 15 is 0 Å². The number of ether oxygens (including phenoxy) is 1. The third-order valence-corrected chi connectivity index (χ3v) is 4.04. The number of phenols is 1. The number of nitrogens with one attached hydrogen (secondary N) is 1. The molecule has 1 atom stereocenters. The fraction of sp³-hybridized carbons (Fsp3) is 0.533. The Labute approximate surface area is 124 Å². The standard InChI is InChI=1S/C15H23N3O3/c1-3-18(4-2)8-7-17-15(14(16)20)10-21-13-9-11(19)5-6-12(13)15/h5-6,9,17,19H,3-4,7-8,10H2,1-2H3,(H2,16,20). The van der Waals surface area contributed by atoms with Crippen LogP contribution in [-0.4, -0.2) is 48.7 Å². The number of carbonyl (C=O) groups excluding carboxylic acids is 1. The van der Waals surface area contributed by atoms with Crippen molar-refractivity contribution in [2.24, 2.45) is 5.73 Å². The van der Waals surface area contributed by atoms with E-state index in [0.717, 1.165) is 19.6 Å². The Bertz CT molecular complexity index is 517. The van der Waals surface area contributed by atoms with Crippen LogP contribution < -0.4 is 15.8 Å². The normalized spacial score (nSPS) is 20.3. The number of nitrogens with two attached hydrogens (primary N) is 1. The van der Waals surface area contributed by atoms with Gasteiger partial charge >= 0.3 is 0 Å². The van der Waals surface area contributed by atoms with Gasteiger partial charge < -0.3 is 20.5 Å². The van der Waals surface area contributed by atoms with E-state index in [0.29, 0.717) is 17.9 Å². The van der Waals surface area contributed by atoms with Crippen LogP contribution in [0.2, 0.25) is 0 Å². The van der Waals surface area contributed by atoms with Crippen LogP contribution in [0.3, 0.4) is 0 Å². The van der Waals surface area contributed by atoms with Crippen LogP contribution in [0.25, 0.3) is 0 Å². The van der Waals surface area contributed by atoms with E-state index in [2.05, 4.69) is 24.1 Å². The number of rotatable bonds is 7. The van der Waals surface area contributed by atoms with Crippen molar-refractivity contribution in [2.45, 2.75) is 19.4 Å². The lowest BCUT2D eigenvalue weighted by atomic mass is 9.91. The van der Waals surface area contributed by atoms with Gasteiger partial charge in [0.2, 0.25) is 5.91 Å². The fourth-order valence-corrected chi connectivity index (χ4v) is 2.65. The SMILES string of the molecule is CCN(CC)CCNC1(C(N)=O)COc2cc(O)ccc21. The second-order valence-electron chi connectivity index (χ2n) is 5.19. The molecule has 1 heterocycles. The minimum absolute atomic E-state index is 0.108. The van der Waals surface area contributed by atoms with Gasteiger partial charge in [0, 0.05) is 24.7 Å². The number of phenolic OH excluding ortho intramolecular Hbond substituents is 1. The molecule has 1 unspecified atom stereocenters. The van der Waals surface area contributed by atoms with Crippen molar-refractivity contribution < 1.29 is 14.6 Å². The molecule has 6 heteroatoms.